The number of amides is 2. The first-order valence-electron chi connectivity index (χ1n) is 9.62. The molecule has 4 nitrogen and oxygen atoms in total. The molecule has 0 aromatic heterocycles. The van der Waals surface area contributed by atoms with Gasteiger partial charge in [0.2, 0.25) is 5.91 Å². The predicted molar refractivity (Wildman–Crippen MR) is 106 cm³/mol. The number of halogens is 2. The predicted octanol–water partition coefficient (Wildman–Crippen LogP) is 3.96. The van der Waals surface area contributed by atoms with Crippen LogP contribution in [0.1, 0.15) is 34.7 Å². The molecule has 0 bridgehead atoms. The van der Waals surface area contributed by atoms with Crippen LogP contribution >= 0.6 is 11.6 Å². The number of benzene rings is 2. The molecule has 146 valence electrons. The van der Waals surface area contributed by atoms with Crippen molar-refractivity contribution in [2.24, 2.45) is 5.92 Å². The molecule has 0 radical (unpaired) electrons. The van der Waals surface area contributed by atoms with Crippen molar-refractivity contribution in [3.8, 4) is 0 Å². The lowest BCUT2D eigenvalue weighted by molar-refractivity contribution is -0.134. The van der Waals surface area contributed by atoms with Gasteiger partial charge in [-0.05, 0) is 54.8 Å². The summed E-state index contributed by atoms with van der Waals surface area (Å²) in [6.45, 7) is 2.36. The Hall–Kier alpha value is -2.40. The zero-order valence-electron chi connectivity index (χ0n) is 15.5. The van der Waals surface area contributed by atoms with Crippen molar-refractivity contribution in [3.05, 3.63) is 70.5 Å². The van der Waals surface area contributed by atoms with E-state index >= 15 is 0 Å². The Balaban J connectivity index is 1.60. The fourth-order valence-electron chi connectivity index (χ4n) is 4.21. The molecule has 2 heterocycles. The third-order valence-corrected chi connectivity index (χ3v) is 5.98. The average molecular weight is 401 g/mol. The minimum atomic E-state index is -0.307. The van der Waals surface area contributed by atoms with E-state index in [2.05, 4.69) is 0 Å². The van der Waals surface area contributed by atoms with E-state index in [0.717, 1.165) is 31.5 Å². The van der Waals surface area contributed by atoms with Crippen molar-refractivity contribution in [3.63, 3.8) is 0 Å². The number of carbonyl (C=O) groups excluding carboxylic acids is 2. The zero-order valence-corrected chi connectivity index (χ0v) is 16.2. The maximum absolute atomic E-state index is 13.4. The summed E-state index contributed by atoms with van der Waals surface area (Å²) in [6.07, 6.45) is 2.04. The molecule has 0 spiro atoms. The van der Waals surface area contributed by atoms with Crippen LogP contribution in [-0.4, -0.2) is 47.8 Å². The lowest BCUT2D eigenvalue weighted by Crippen LogP contribution is -2.37. The molecule has 6 heteroatoms. The van der Waals surface area contributed by atoms with E-state index in [0.29, 0.717) is 23.7 Å². The molecule has 2 aliphatic rings. The third kappa shape index (κ3) is 3.76. The van der Waals surface area contributed by atoms with E-state index in [1.54, 1.807) is 41.3 Å². The van der Waals surface area contributed by atoms with Crippen LogP contribution in [0.3, 0.4) is 0 Å². The molecule has 0 N–H and O–H groups in total. The summed E-state index contributed by atoms with van der Waals surface area (Å²) in [7, 11) is 0. The van der Waals surface area contributed by atoms with Gasteiger partial charge in [0, 0.05) is 42.7 Å². The Bertz CT molecular complexity index is 863. The molecule has 28 heavy (non-hydrogen) atoms. The fourth-order valence-corrected chi connectivity index (χ4v) is 4.34. The molecule has 2 amide bonds. The minimum absolute atomic E-state index is 0.0956. The number of carbonyl (C=O) groups is 2. The summed E-state index contributed by atoms with van der Waals surface area (Å²) in [4.78, 5) is 29.8. The van der Waals surface area contributed by atoms with Gasteiger partial charge in [-0.15, -0.1) is 0 Å². The number of rotatable bonds is 3. The first kappa shape index (κ1) is 18.9. The number of nitrogens with zero attached hydrogens (tertiary/aromatic N) is 2. The van der Waals surface area contributed by atoms with E-state index in [-0.39, 0.29) is 29.5 Å². The largest absolute Gasteiger partial charge is 0.342 e. The molecule has 2 unspecified atom stereocenters. The molecular formula is C22H22ClFN2O2. The van der Waals surface area contributed by atoms with Gasteiger partial charge in [-0.3, -0.25) is 9.59 Å². The smallest absolute Gasteiger partial charge is 0.253 e. The van der Waals surface area contributed by atoms with Crippen LogP contribution in [0.15, 0.2) is 48.5 Å². The van der Waals surface area contributed by atoms with Crippen LogP contribution in [0.4, 0.5) is 4.39 Å². The van der Waals surface area contributed by atoms with Gasteiger partial charge in [-0.2, -0.15) is 0 Å². The Morgan fingerprint density at radius 2 is 1.54 bits per heavy atom. The minimum Gasteiger partial charge on any atom is -0.342 e. The van der Waals surface area contributed by atoms with Crippen LogP contribution in [0, 0.1) is 11.7 Å². The van der Waals surface area contributed by atoms with Crippen LogP contribution in [-0.2, 0) is 4.79 Å². The second kappa shape index (κ2) is 7.92. The van der Waals surface area contributed by atoms with Gasteiger partial charge >= 0.3 is 0 Å². The van der Waals surface area contributed by atoms with Crippen molar-refractivity contribution < 1.29 is 14.0 Å². The van der Waals surface area contributed by atoms with E-state index in [1.165, 1.54) is 12.1 Å². The van der Waals surface area contributed by atoms with Gasteiger partial charge in [0.05, 0.1) is 5.92 Å². The maximum atomic E-state index is 13.4. The van der Waals surface area contributed by atoms with E-state index < -0.39 is 0 Å². The summed E-state index contributed by atoms with van der Waals surface area (Å²) in [5.74, 6) is -0.762. The summed E-state index contributed by atoms with van der Waals surface area (Å²) in [5.41, 5.74) is 1.45. The molecule has 2 fully saturated rings. The van der Waals surface area contributed by atoms with Crippen LogP contribution in [0.5, 0.6) is 0 Å². The molecule has 0 aliphatic carbocycles. The lowest BCUT2D eigenvalue weighted by atomic mass is 9.88. The first-order chi connectivity index (χ1) is 13.5. The van der Waals surface area contributed by atoms with Crippen molar-refractivity contribution in [1.82, 2.24) is 9.80 Å². The van der Waals surface area contributed by atoms with Crippen LogP contribution < -0.4 is 0 Å². The highest BCUT2D eigenvalue weighted by Gasteiger charge is 2.42. The second-order valence-corrected chi connectivity index (χ2v) is 7.95. The highest BCUT2D eigenvalue weighted by molar-refractivity contribution is 6.30. The van der Waals surface area contributed by atoms with Crippen molar-refractivity contribution >= 4 is 23.4 Å². The fraction of sp³-hybridized carbons (Fsp3) is 0.364. The van der Waals surface area contributed by atoms with Crippen LogP contribution in [0.25, 0.3) is 0 Å². The third-order valence-electron chi connectivity index (χ3n) is 5.73. The van der Waals surface area contributed by atoms with Gasteiger partial charge in [0.1, 0.15) is 5.82 Å². The molecule has 2 aromatic carbocycles. The van der Waals surface area contributed by atoms with Gasteiger partial charge < -0.3 is 9.80 Å². The van der Waals surface area contributed by atoms with Gasteiger partial charge in [0.25, 0.3) is 5.91 Å². The van der Waals surface area contributed by atoms with Crippen LogP contribution in [0.2, 0.25) is 5.02 Å². The Morgan fingerprint density at radius 3 is 2.18 bits per heavy atom. The number of hydrogen-bond acceptors (Lipinski definition) is 2. The standard InChI is InChI=1S/C22H22ClFN2O2/c23-17-7-3-16(4-8-17)21(27)26-13-19(15-5-9-18(24)10-6-15)20(14-26)22(28)25-11-1-2-12-25/h3-10,19-20H,1-2,11-14H2. The Morgan fingerprint density at radius 1 is 0.893 bits per heavy atom. The highest BCUT2D eigenvalue weighted by Crippen LogP contribution is 2.35. The van der Waals surface area contributed by atoms with Gasteiger partial charge in [0.15, 0.2) is 0 Å². The number of hydrogen-bond donors (Lipinski definition) is 0. The molecule has 2 saturated heterocycles. The van der Waals surface area contributed by atoms with Crippen molar-refractivity contribution in [2.75, 3.05) is 26.2 Å². The SMILES string of the molecule is O=C(c1ccc(Cl)cc1)N1CC(C(=O)N2CCCC2)C(c2ccc(F)cc2)C1. The van der Waals surface area contributed by atoms with Gasteiger partial charge in [-0.1, -0.05) is 23.7 Å². The van der Waals surface area contributed by atoms with Crippen molar-refractivity contribution in [1.29, 1.82) is 0 Å². The summed E-state index contributed by atoms with van der Waals surface area (Å²) in [5, 5.41) is 0.573. The molecule has 4 rings (SSSR count). The first-order valence-corrected chi connectivity index (χ1v) is 10.00. The summed E-state index contributed by atoms with van der Waals surface area (Å²) < 4.78 is 13.4. The molecule has 2 atom stereocenters. The summed E-state index contributed by atoms with van der Waals surface area (Å²) >= 11 is 5.92. The number of likely N-dealkylation sites (tertiary alicyclic amines) is 2. The van der Waals surface area contributed by atoms with E-state index in [9.17, 15) is 14.0 Å². The van der Waals surface area contributed by atoms with E-state index in [1.807, 2.05) is 4.90 Å². The topological polar surface area (TPSA) is 40.6 Å². The summed E-state index contributed by atoms with van der Waals surface area (Å²) in [6, 6.07) is 13.1. The molecular weight excluding hydrogens is 379 g/mol. The molecule has 2 aliphatic heterocycles. The second-order valence-electron chi connectivity index (χ2n) is 7.51. The monoisotopic (exact) mass is 400 g/mol. The quantitative estimate of drug-likeness (QED) is 0.782. The van der Waals surface area contributed by atoms with Crippen molar-refractivity contribution in [2.45, 2.75) is 18.8 Å². The van der Waals surface area contributed by atoms with Gasteiger partial charge in [-0.25, -0.2) is 4.39 Å². The highest BCUT2D eigenvalue weighted by atomic mass is 35.5. The Kier molecular flexibility index (Phi) is 5.36. The molecule has 0 saturated carbocycles. The van der Waals surface area contributed by atoms with E-state index in [4.69, 9.17) is 11.6 Å². The Labute approximate surface area is 168 Å². The average Bonchev–Trinajstić information content (AvgIpc) is 3.38. The maximum Gasteiger partial charge on any atom is 0.253 e. The zero-order chi connectivity index (χ0) is 19.7. The lowest BCUT2D eigenvalue weighted by Gasteiger charge is -2.24. The molecule has 2 aromatic rings. The normalized spacial score (nSPS) is 21.9.